The molecule has 0 amide bonds. The van der Waals surface area contributed by atoms with E-state index in [1.54, 1.807) is 18.2 Å². The molecule has 0 aliphatic heterocycles. The van der Waals surface area contributed by atoms with Crippen LogP contribution in [0.5, 0.6) is 0 Å². The molecule has 3 nitrogen and oxygen atoms in total. The molecule has 1 aromatic rings. The van der Waals surface area contributed by atoms with Gasteiger partial charge in [-0.05, 0) is 48.7 Å². The number of rotatable bonds is 2. The van der Waals surface area contributed by atoms with E-state index in [1.807, 2.05) is 13.8 Å². The smallest absolute Gasteiger partial charge is 0.330 e. The van der Waals surface area contributed by atoms with Gasteiger partial charge >= 0.3 is 5.97 Å². The Kier molecular flexibility index (Phi) is 3.84. The van der Waals surface area contributed by atoms with Gasteiger partial charge in [-0.15, -0.1) is 0 Å². The van der Waals surface area contributed by atoms with Crippen LogP contribution in [0.2, 0.25) is 0 Å². The zero-order valence-corrected chi connectivity index (χ0v) is 9.57. The number of aryl methyl sites for hydroxylation is 2. The van der Waals surface area contributed by atoms with Crippen LogP contribution in [0.4, 0.5) is 0 Å². The van der Waals surface area contributed by atoms with Crippen LogP contribution >= 0.6 is 0 Å². The number of esters is 1. The van der Waals surface area contributed by atoms with Crippen molar-refractivity contribution in [2.45, 2.75) is 13.8 Å². The van der Waals surface area contributed by atoms with E-state index in [1.165, 1.54) is 13.2 Å². The first-order chi connectivity index (χ1) is 7.58. The number of carbonyl (C=O) groups is 1. The largest absolute Gasteiger partial charge is 0.466 e. The van der Waals surface area contributed by atoms with Gasteiger partial charge in [0, 0.05) is 6.08 Å². The molecule has 0 unspecified atom stereocenters. The highest BCUT2D eigenvalue weighted by Crippen LogP contribution is 2.17. The van der Waals surface area contributed by atoms with Gasteiger partial charge in [0.2, 0.25) is 0 Å². The number of benzene rings is 1. The molecule has 1 rings (SSSR count). The average molecular weight is 215 g/mol. The van der Waals surface area contributed by atoms with Gasteiger partial charge in [-0.1, -0.05) is 0 Å². The van der Waals surface area contributed by atoms with Gasteiger partial charge in [-0.2, -0.15) is 5.26 Å². The van der Waals surface area contributed by atoms with Gasteiger partial charge in [0.1, 0.15) is 0 Å². The van der Waals surface area contributed by atoms with E-state index in [0.717, 1.165) is 16.7 Å². The predicted octanol–water partition coefficient (Wildman–Crippen LogP) is 2.36. The zero-order valence-electron chi connectivity index (χ0n) is 9.57. The third kappa shape index (κ3) is 2.71. The monoisotopic (exact) mass is 215 g/mol. The lowest BCUT2D eigenvalue weighted by Crippen LogP contribution is -1.95. The molecule has 0 bridgehead atoms. The Morgan fingerprint density at radius 1 is 1.38 bits per heavy atom. The fourth-order valence-electron chi connectivity index (χ4n) is 1.52. The fraction of sp³-hybridized carbons (Fsp3) is 0.231. The van der Waals surface area contributed by atoms with Gasteiger partial charge in [0.25, 0.3) is 0 Å². The minimum absolute atomic E-state index is 0.386. The summed E-state index contributed by atoms with van der Waals surface area (Å²) in [5.41, 5.74) is 3.52. The Hall–Kier alpha value is -2.08. The lowest BCUT2D eigenvalue weighted by molar-refractivity contribution is -0.134. The maximum Gasteiger partial charge on any atom is 0.330 e. The minimum Gasteiger partial charge on any atom is -0.466 e. The molecule has 0 aromatic heterocycles. The van der Waals surface area contributed by atoms with Gasteiger partial charge in [-0.3, -0.25) is 0 Å². The Morgan fingerprint density at radius 3 is 2.38 bits per heavy atom. The minimum atomic E-state index is -0.386. The molecule has 82 valence electrons. The van der Waals surface area contributed by atoms with E-state index < -0.39 is 0 Å². The highest BCUT2D eigenvalue weighted by atomic mass is 16.5. The van der Waals surface area contributed by atoms with E-state index >= 15 is 0 Å². The molecule has 0 N–H and O–H groups in total. The van der Waals surface area contributed by atoms with Crippen LogP contribution in [-0.4, -0.2) is 13.1 Å². The molecular formula is C13H13NO2. The predicted molar refractivity (Wildman–Crippen MR) is 61.7 cm³/mol. The Bertz CT molecular complexity index is 458. The summed E-state index contributed by atoms with van der Waals surface area (Å²) in [4.78, 5) is 11.0. The highest BCUT2D eigenvalue weighted by molar-refractivity contribution is 5.87. The van der Waals surface area contributed by atoms with Crippen molar-refractivity contribution in [1.82, 2.24) is 0 Å². The summed E-state index contributed by atoms with van der Waals surface area (Å²) >= 11 is 0. The molecule has 0 aliphatic carbocycles. The van der Waals surface area contributed by atoms with Gasteiger partial charge in [0.15, 0.2) is 0 Å². The second kappa shape index (κ2) is 5.13. The van der Waals surface area contributed by atoms with Crippen LogP contribution in [0.15, 0.2) is 18.2 Å². The summed E-state index contributed by atoms with van der Waals surface area (Å²) in [6, 6.07) is 5.69. The number of nitriles is 1. The molecule has 16 heavy (non-hydrogen) atoms. The lowest BCUT2D eigenvalue weighted by Gasteiger charge is -2.05. The second-order valence-corrected chi connectivity index (χ2v) is 3.49. The molecule has 0 spiro atoms. The number of methoxy groups -OCH3 is 1. The topological polar surface area (TPSA) is 50.1 Å². The second-order valence-electron chi connectivity index (χ2n) is 3.49. The third-order valence-electron chi connectivity index (χ3n) is 2.31. The fourth-order valence-corrected chi connectivity index (χ4v) is 1.52. The molecule has 0 fully saturated rings. The molecule has 0 atom stereocenters. The van der Waals surface area contributed by atoms with Crippen molar-refractivity contribution < 1.29 is 9.53 Å². The van der Waals surface area contributed by atoms with Crippen molar-refractivity contribution in [1.29, 1.82) is 5.26 Å². The van der Waals surface area contributed by atoms with E-state index in [0.29, 0.717) is 5.56 Å². The van der Waals surface area contributed by atoms with Crippen molar-refractivity contribution in [3.8, 4) is 6.07 Å². The summed E-state index contributed by atoms with van der Waals surface area (Å²) < 4.78 is 4.52. The lowest BCUT2D eigenvalue weighted by atomic mass is 9.99. The molecular weight excluding hydrogens is 202 g/mol. The maximum atomic E-state index is 11.0. The number of hydrogen-bond acceptors (Lipinski definition) is 3. The molecule has 0 heterocycles. The van der Waals surface area contributed by atoms with Crippen molar-refractivity contribution >= 4 is 12.0 Å². The van der Waals surface area contributed by atoms with Crippen LogP contribution in [0.25, 0.3) is 6.08 Å². The first kappa shape index (κ1) is 12.0. The van der Waals surface area contributed by atoms with Gasteiger partial charge in [0.05, 0.1) is 18.7 Å². The van der Waals surface area contributed by atoms with Crippen molar-refractivity contribution in [3.63, 3.8) is 0 Å². The van der Waals surface area contributed by atoms with Crippen LogP contribution in [-0.2, 0) is 9.53 Å². The van der Waals surface area contributed by atoms with Crippen LogP contribution in [0, 0.1) is 25.2 Å². The first-order valence-electron chi connectivity index (χ1n) is 4.86. The summed E-state index contributed by atoms with van der Waals surface area (Å²) in [7, 11) is 1.34. The summed E-state index contributed by atoms with van der Waals surface area (Å²) in [6.45, 7) is 3.82. The summed E-state index contributed by atoms with van der Waals surface area (Å²) in [5, 5.41) is 8.79. The Morgan fingerprint density at radius 2 is 1.94 bits per heavy atom. The van der Waals surface area contributed by atoms with Crippen molar-refractivity contribution in [2.75, 3.05) is 7.11 Å². The molecule has 1 aromatic carbocycles. The van der Waals surface area contributed by atoms with Gasteiger partial charge < -0.3 is 4.74 Å². The Balaban J connectivity index is 3.12. The summed E-state index contributed by atoms with van der Waals surface area (Å²) in [6.07, 6.45) is 3.08. The quantitative estimate of drug-likeness (QED) is 0.562. The van der Waals surface area contributed by atoms with E-state index in [9.17, 15) is 4.79 Å². The maximum absolute atomic E-state index is 11.0. The zero-order chi connectivity index (χ0) is 12.1. The average Bonchev–Trinajstić information content (AvgIpc) is 2.27. The number of ether oxygens (including phenoxy) is 1. The Labute approximate surface area is 95.0 Å². The highest BCUT2D eigenvalue weighted by Gasteiger charge is 2.02. The number of nitrogens with zero attached hydrogens (tertiary/aromatic N) is 1. The standard InChI is InChI=1S/C13H13NO2/c1-9-6-11(8-14)7-10(2)12(9)4-5-13(15)16-3/h4-7H,1-3H3/b5-4+. The molecule has 0 saturated heterocycles. The van der Waals surface area contributed by atoms with E-state index in [4.69, 9.17) is 5.26 Å². The number of hydrogen-bond donors (Lipinski definition) is 0. The first-order valence-corrected chi connectivity index (χ1v) is 4.86. The SMILES string of the molecule is COC(=O)/C=C/c1c(C)cc(C#N)cc1C. The van der Waals surface area contributed by atoms with Crippen LogP contribution in [0.1, 0.15) is 22.3 Å². The molecule has 0 radical (unpaired) electrons. The summed E-state index contributed by atoms with van der Waals surface area (Å²) in [5.74, 6) is -0.386. The third-order valence-corrected chi connectivity index (χ3v) is 2.31. The molecule has 0 aliphatic rings. The van der Waals surface area contributed by atoms with Crippen LogP contribution < -0.4 is 0 Å². The molecule has 0 saturated carbocycles. The normalized spacial score (nSPS) is 10.1. The van der Waals surface area contributed by atoms with E-state index in [-0.39, 0.29) is 5.97 Å². The van der Waals surface area contributed by atoms with Crippen molar-refractivity contribution in [2.24, 2.45) is 0 Å². The van der Waals surface area contributed by atoms with E-state index in [2.05, 4.69) is 10.8 Å². The number of carbonyl (C=O) groups excluding carboxylic acids is 1. The van der Waals surface area contributed by atoms with Gasteiger partial charge in [-0.25, -0.2) is 4.79 Å². The molecule has 3 heteroatoms. The van der Waals surface area contributed by atoms with Crippen LogP contribution in [0.3, 0.4) is 0 Å². The van der Waals surface area contributed by atoms with Crippen molar-refractivity contribution in [3.05, 3.63) is 40.5 Å².